The SMILES string of the molecule is CNS(=O)(=O)c1ccc(CNCCC(C)c2ccc(-c3ccc(F)cc3C)cc2C)cc1. The molecule has 1 unspecified atom stereocenters. The molecule has 0 radical (unpaired) electrons. The fourth-order valence-corrected chi connectivity index (χ4v) is 4.69. The Balaban J connectivity index is 1.55. The van der Waals surface area contributed by atoms with E-state index < -0.39 is 10.0 Å². The van der Waals surface area contributed by atoms with Gasteiger partial charge < -0.3 is 5.32 Å². The molecule has 4 nitrogen and oxygen atoms in total. The number of hydrogen-bond acceptors (Lipinski definition) is 3. The summed E-state index contributed by atoms with van der Waals surface area (Å²) in [6.07, 6.45) is 0.988. The van der Waals surface area contributed by atoms with Crippen LogP contribution in [0.25, 0.3) is 11.1 Å². The van der Waals surface area contributed by atoms with Crippen LogP contribution in [0.4, 0.5) is 4.39 Å². The number of aryl methyl sites for hydroxylation is 2. The number of nitrogens with one attached hydrogen (secondary N) is 2. The third kappa shape index (κ3) is 5.82. The minimum Gasteiger partial charge on any atom is -0.313 e. The zero-order valence-corrected chi connectivity index (χ0v) is 19.9. The maximum absolute atomic E-state index is 13.4. The Bertz CT molecular complexity index is 1170. The predicted octanol–water partition coefficient (Wildman–Crippen LogP) is 5.30. The van der Waals surface area contributed by atoms with Crippen LogP contribution in [0.1, 0.15) is 41.5 Å². The summed E-state index contributed by atoms with van der Waals surface area (Å²) >= 11 is 0. The van der Waals surface area contributed by atoms with Gasteiger partial charge in [-0.2, -0.15) is 0 Å². The average Bonchev–Trinajstić information content (AvgIpc) is 2.77. The highest BCUT2D eigenvalue weighted by Gasteiger charge is 2.12. The van der Waals surface area contributed by atoms with Crippen molar-refractivity contribution < 1.29 is 12.8 Å². The number of hydrogen-bond donors (Lipinski definition) is 2. The van der Waals surface area contributed by atoms with E-state index in [0.717, 1.165) is 35.2 Å². The van der Waals surface area contributed by atoms with Crippen LogP contribution in [0.15, 0.2) is 65.6 Å². The van der Waals surface area contributed by atoms with Gasteiger partial charge in [-0.25, -0.2) is 17.5 Å². The lowest BCUT2D eigenvalue weighted by Gasteiger charge is -2.17. The standard InChI is InChI=1S/C26H31FN2O2S/c1-18(13-14-29-17-21-5-9-24(10-6-21)32(30,31)28-4)25-11-7-22(15-19(25)2)26-12-8-23(27)16-20(26)3/h5-12,15-16,18,28-29H,13-14,17H2,1-4H3. The zero-order chi connectivity index (χ0) is 23.3. The van der Waals surface area contributed by atoms with E-state index in [2.05, 4.69) is 42.1 Å². The van der Waals surface area contributed by atoms with Gasteiger partial charge in [-0.1, -0.05) is 43.3 Å². The molecule has 0 heterocycles. The lowest BCUT2D eigenvalue weighted by atomic mass is 9.90. The molecular formula is C26H31FN2O2S. The lowest BCUT2D eigenvalue weighted by Crippen LogP contribution is -2.19. The van der Waals surface area contributed by atoms with Crippen LogP contribution in [0.3, 0.4) is 0 Å². The summed E-state index contributed by atoms with van der Waals surface area (Å²) in [5, 5.41) is 3.44. The molecule has 0 aliphatic rings. The van der Waals surface area contributed by atoms with Gasteiger partial charge in [-0.3, -0.25) is 0 Å². The number of halogens is 1. The molecule has 0 amide bonds. The first-order chi connectivity index (χ1) is 15.2. The summed E-state index contributed by atoms with van der Waals surface area (Å²) < 4.78 is 39.3. The molecule has 0 bridgehead atoms. The van der Waals surface area contributed by atoms with Crippen molar-refractivity contribution >= 4 is 10.0 Å². The van der Waals surface area contributed by atoms with Gasteiger partial charge in [0.15, 0.2) is 0 Å². The smallest absolute Gasteiger partial charge is 0.240 e. The maximum Gasteiger partial charge on any atom is 0.240 e. The Morgan fingerprint density at radius 1 is 0.938 bits per heavy atom. The second-order valence-electron chi connectivity index (χ2n) is 8.25. The van der Waals surface area contributed by atoms with Crippen molar-refractivity contribution in [1.29, 1.82) is 0 Å². The van der Waals surface area contributed by atoms with Crippen LogP contribution < -0.4 is 10.0 Å². The lowest BCUT2D eigenvalue weighted by molar-refractivity contribution is 0.587. The fourth-order valence-electron chi connectivity index (χ4n) is 3.96. The van der Waals surface area contributed by atoms with Gasteiger partial charge in [-0.05, 0) is 97.4 Å². The van der Waals surface area contributed by atoms with E-state index in [0.29, 0.717) is 12.5 Å². The molecular weight excluding hydrogens is 423 g/mol. The van der Waals surface area contributed by atoms with Crippen molar-refractivity contribution in [3.8, 4) is 11.1 Å². The van der Waals surface area contributed by atoms with Crippen LogP contribution in [0.5, 0.6) is 0 Å². The molecule has 170 valence electrons. The summed E-state index contributed by atoms with van der Waals surface area (Å²) in [6, 6.07) is 18.3. The number of benzene rings is 3. The molecule has 0 saturated heterocycles. The van der Waals surface area contributed by atoms with Crippen molar-refractivity contribution in [3.63, 3.8) is 0 Å². The van der Waals surface area contributed by atoms with E-state index in [1.807, 2.05) is 25.1 Å². The largest absolute Gasteiger partial charge is 0.313 e. The van der Waals surface area contributed by atoms with Gasteiger partial charge in [0.1, 0.15) is 5.82 Å². The molecule has 3 aromatic carbocycles. The maximum atomic E-state index is 13.4. The van der Waals surface area contributed by atoms with Crippen molar-refractivity contribution in [2.75, 3.05) is 13.6 Å². The monoisotopic (exact) mass is 454 g/mol. The van der Waals surface area contributed by atoms with E-state index in [4.69, 9.17) is 0 Å². The molecule has 0 spiro atoms. The Kier molecular flexibility index (Phi) is 7.82. The van der Waals surface area contributed by atoms with Crippen LogP contribution in [-0.2, 0) is 16.6 Å². The number of sulfonamides is 1. The minimum absolute atomic E-state index is 0.209. The van der Waals surface area contributed by atoms with Crippen molar-refractivity contribution in [2.45, 2.75) is 44.6 Å². The van der Waals surface area contributed by atoms with E-state index >= 15 is 0 Å². The zero-order valence-electron chi connectivity index (χ0n) is 19.1. The predicted molar refractivity (Wildman–Crippen MR) is 129 cm³/mol. The van der Waals surface area contributed by atoms with E-state index in [9.17, 15) is 12.8 Å². The summed E-state index contributed by atoms with van der Waals surface area (Å²) in [5.41, 5.74) is 6.70. The Morgan fingerprint density at radius 2 is 1.66 bits per heavy atom. The second-order valence-corrected chi connectivity index (χ2v) is 10.1. The Hall–Kier alpha value is -2.54. The third-order valence-corrected chi connectivity index (χ3v) is 7.32. The Labute approximate surface area is 190 Å². The minimum atomic E-state index is -3.40. The quantitative estimate of drug-likeness (QED) is 0.431. The first-order valence-electron chi connectivity index (χ1n) is 10.8. The van der Waals surface area contributed by atoms with E-state index in [1.54, 1.807) is 18.2 Å². The van der Waals surface area contributed by atoms with Crippen LogP contribution >= 0.6 is 0 Å². The normalized spacial score (nSPS) is 12.7. The van der Waals surface area contributed by atoms with Crippen LogP contribution in [0, 0.1) is 19.7 Å². The first-order valence-corrected chi connectivity index (χ1v) is 12.3. The van der Waals surface area contributed by atoms with E-state index in [-0.39, 0.29) is 10.7 Å². The third-order valence-electron chi connectivity index (χ3n) is 5.89. The molecule has 0 fully saturated rings. The van der Waals surface area contributed by atoms with Gasteiger partial charge in [0.2, 0.25) is 10.0 Å². The molecule has 0 saturated carbocycles. The molecule has 0 aliphatic carbocycles. The first kappa shape index (κ1) is 24.1. The topological polar surface area (TPSA) is 58.2 Å². The van der Waals surface area contributed by atoms with Gasteiger partial charge in [-0.15, -0.1) is 0 Å². The fraction of sp³-hybridized carbons (Fsp3) is 0.308. The van der Waals surface area contributed by atoms with Crippen molar-refractivity contribution in [2.24, 2.45) is 0 Å². The molecule has 6 heteroatoms. The van der Waals surface area contributed by atoms with Gasteiger partial charge in [0, 0.05) is 6.54 Å². The molecule has 2 N–H and O–H groups in total. The summed E-state index contributed by atoms with van der Waals surface area (Å²) in [4.78, 5) is 0.270. The molecule has 0 aliphatic heterocycles. The van der Waals surface area contributed by atoms with Gasteiger partial charge in [0.05, 0.1) is 4.90 Å². The summed E-state index contributed by atoms with van der Waals surface area (Å²) in [5.74, 6) is 0.189. The molecule has 3 rings (SSSR count). The van der Waals surface area contributed by atoms with Crippen molar-refractivity contribution in [1.82, 2.24) is 10.0 Å². The highest BCUT2D eigenvalue weighted by atomic mass is 32.2. The second kappa shape index (κ2) is 10.4. The molecule has 32 heavy (non-hydrogen) atoms. The summed E-state index contributed by atoms with van der Waals surface area (Å²) in [7, 11) is -1.99. The summed E-state index contributed by atoms with van der Waals surface area (Å²) in [6.45, 7) is 7.83. The van der Waals surface area contributed by atoms with Gasteiger partial charge in [0.25, 0.3) is 0 Å². The van der Waals surface area contributed by atoms with Gasteiger partial charge >= 0.3 is 0 Å². The number of rotatable bonds is 9. The average molecular weight is 455 g/mol. The molecule has 1 atom stereocenters. The highest BCUT2D eigenvalue weighted by Crippen LogP contribution is 2.29. The van der Waals surface area contributed by atoms with Crippen LogP contribution in [-0.4, -0.2) is 22.0 Å². The van der Waals surface area contributed by atoms with E-state index in [1.165, 1.54) is 24.2 Å². The van der Waals surface area contributed by atoms with Crippen molar-refractivity contribution in [3.05, 3.63) is 88.7 Å². The Morgan fingerprint density at radius 3 is 2.28 bits per heavy atom. The molecule has 0 aromatic heterocycles. The van der Waals surface area contributed by atoms with Crippen LogP contribution in [0.2, 0.25) is 0 Å². The molecule has 3 aromatic rings. The highest BCUT2D eigenvalue weighted by molar-refractivity contribution is 7.89.